The second kappa shape index (κ2) is 15.6. The predicted molar refractivity (Wildman–Crippen MR) is 162 cm³/mol. The molecule has 0 aromatic heterocycles. The number of aliphatic carboxylic acids is 1. The van der Waals surface area contributed by atoms with Crippen molar-refractivity contribution in [2.24, 2.45) is 0 Å². The molecular weight excluding hydrogens is 588 g/mol. The van der Waals surface area contributed by atoms with Crippen LogP contribution in [0.3, 0.4) is 0 Å². The summed E-state index contributed by atoms with van der Waals surface area (Å²) in [5, 5.41) is 18.0. The van der Waals surface area contributed by atoms with Crippen LogP contribution in [-0.2, 0) is 14.3 Å². The number of halogens is 2. The molecule has 45 heavy (non-hydrogen) atoms. The second-order valence-corrected chi connectivity index (χ2v) is 11.1. The van der Waals surface area contributed by atoms with Gasteiger partial charge < -0.3 is 30.7 Å². The number of nitrogens with one attached hydrogen (secondary N) is 3. The van der Waals surface area contributed by atoms with Gasteiger partial charge in [-0.05, 0) is 86.6 Å². The van der Waals surface area contributed by atoms with Gasteiger partial charge in [-0.2, -0.15) is 0 Å². The average Bonchev–Trinajstić information content (AvgIpc) is 3.01. The first-order valence-corrected chi connectivity index (χ1v) is 15.0. The molecule has 2 aliphatic rings. The normalized spacial score (nSPS) is 17.6. The second-order valence-electron chi connectivity index (χ2n) is 11.1. The number of nitrogens with zero attached hydrogens (tertiary/aromatic N) is 2. The number of carbonyl (C=O) groups is 4. The van der Waals surface area contributed by atoms with Gasteiger partial charge in [-0.3, -0.25) is 4.79 Å². The Morgan fingerprint density at radius 2 is 1.82 bits per heavy atom. The molecule has 0 spiro atoms. The van der Waals surface area contributed by atoms with E-state index in [1.54, 1.807) is 0 Å². The van der Waals surface area contributed by atoms with Gasteiger partial charge >= 0.3 is 18.0 Å². The summed E-state index contributed by atoms with van der Waals surface area (Å²) in [5.41, 5.74) is 1.43. The van der Waals surface area contributed by atoms with Crippen LogP contribution in [0.1, 0.15) is 62.1 Å². The van der Waals surface area contributed by atoms with Gasteiger partial charge in [0.05, 0.1) is 17.9 Å². The fourth-order valence-electron chi connectivity index (χ4n) is 5.77. The van der Waals surface area contributed by atoms with Crippen molar-refractivity contribution in [1.29, 1.82) is 0 Å². The molecule has 0 radical (unpaired) electrons. The third-order valence-corrected chi connectivity index (χ3v) is 7.96. The Bertz CT molecular complexity index is 1440. The van der Waals surface area contributed by atoms with E-state index in [9.17, 15) is 33.1 Å². The third kappa shape index (κ3) is 8.43. The number of hydrogen-bond donors (Lipinski definition) is 4. The summed E-state index contributed by atoms with van der Waals surface area (Å²) in [6.07, 6.45) is 3.72. The number of ether oxygens (including phenoxy) is 1. The average molecular weight is 628 g/mol. The van der Waals surface area contributed by atoms with E-state index in [0.717, 1.165) is 56.2 Å². The van der Waals surface area contributed by atoms with E-state index in [1.165, 1.54) is 12.7 Å². The Labute approximate surface area is 260 Å². The molecule has 0 saturated carbocycles. The van der Waals surface area contributed by atoms with E-state index in [-0.39, 0.29) is 30.3 Å². The molecule has 5 amide bonds. The Morgan fingerprint density at radius 3 is 2.49 bits per heavy atom. The zero-order valence-corrected chi connectivity index (χ0v) is 25.4. The van der Waals surface area contributed by atoms with Crippen LogP contribution in [0.2, 0.25) is 0 Å². The highest BCUT2D eigenvalue weighted by atomic mass is 19.2. The molecule has 0 aliphatic carbocycles. The molecule has 2 aromatic rings. The molecule has 4 N–H and O–H groups in total. The number of amides is 5. The van der Waals surface area contributed by atoms with E-state index in [2.05, 4.69) is 26.9 Å². The van der Waals surface area contributed by atoms with E-state index < -0.39 is 41.3 Å². The molecule has 13 heteroatoms. The minimum atomic E-state index is -1.52. The summed E-state index contributed by atoms with van der Waals surface area (Å²) in [6.45, 7) is 4.29. The number of piperidine rings is 1. The van der Waals surface area contributed by atoms with Crippen LogP contribution in [0.15, 0.2) is 53.7 Å². The van der Waals surface area contributed by atoms with Crippen molar-refractivity contribution in [2.45, 2.75) is 51.0 Å². The van der Waals surface area contributed by atoms with Crippen molar-refractivity contribution in [2.75, 3.05) is 45.2 Å². The van der Waals surface area contributed by atoms with Gasteiger partial charge in [-0.15, -0.1) is 0 Å². The van der Waals surface area contributed by atoms with Crippen LogP contribution in [0, 0.1) is 11.6 Å². The summed E-state index contributed by atoms with van der Waals surface area (Å²) in [5.74, 6) is -3.47. The third-order valence-electron chi connectivity index (χ3n) is 7.96. The zero-order valence-electron chi connectivity index (χ0n) is 25.4. The number of urea groups is 2. The Balaban J connectivity index is 1.34. The molecule has 0 unspecified atom stereocenters. The van der Waals surface area contributed by atoms with Crippen LogP contribution in [0.5, 0.6) is 0 Å². The summed E-state index contributed by atoms with van der Waals surface area (Å²) < 4.78 is 32.9. The minimum absolute atomic E-state index is 0.00647. The monoisotopic (exact) mass is 627 g/mol. The molecule has 2 aromatic carbocycles. The first kappa shape index (κ1) is 33.5. The smallest absolute Gasteiger partial charge is 0.335 e. The van der Waals surface area contributed by atoms with Crippen molar-refractivity contribution >= 4 is 29.6 Å². The van der Waals surface area contributed by atoms with E-state index in [1.807, 2.05) is 25.1 Å². The van der Waals surface area contributed by atoms with E-state index in [4.69, 9.17) is 4.74 Å². The lowest BCUT2D eigenvalue weighted by Gasteiger charge is -2.36. The molecule has 1 fully saturated rings. The highest BCUT2D eigenvalue weighted by Gasteiger charge is 2.42. The van der Waals surface area contributed by atoms with Gasteiger partial charge in [-0.25, -0.2) is 28.1 Å². The lowest BCUT2D eigenvalue weighted by molar-refractivity contribution is -0.133. The summed E-state index contributed by atoms with van der Waals surface area (Å²) >= 11 is 0. The van der Waals surface area contributed by atoms with Gasteiger partial charge in [-0.1, -0.05) is 25.1 Å². The fraction of sp³-hybridized carbons (Fsp3) is 0.438. The molecule has 0 bridgehead atoms. The summed E-state index contributed by atoms with van der Waals surface area (Å²) in [4.78, 5) is 53.5. The minimum Gasteiger partial charge on any atom is -0.478 e. The zero-order chi connectivity index (χ0) is 32.5. The highest BCUT2D eigenvalue weighted by Crippen LogP contribution is 2.35. The van der Waals surface area contributed by atoms with Crippen LogP contribution in [0.4, 0.5) is 24.1 Å². The number of imide groups is 1. The van der Waals surface area contributed by atoms with Crippen LogP contribution in [-0.4, -0.2) is 78.7 Å². The lowest BCUT2D eigenvalue weighted by Crippen LogP contribution is -2.55. The number of hydrogen-bond acceptors (Lipinski definition) is 6. The molecule has 242 valence electrons. The molecule has 1 atom stereocenters. The maximum Gasteiger partial charge on any atom is 0.335 e. The molecule has 2 heterocycles. The number of carboxylic acids is 1. The summed E-state index contributed by atoms with van der Waals surface area (Å²) in [7, 11) is 1.31. The first-order chi connectivity index (χ1) is 21.6. The largest absolute Gasteiger partial charge is 0.478 e. The SMILES string of the molecule is CCCC(=O)Nc1cccc(C2CCN(CCCNC(=O)N3C(=O)NC(COC)=C(C(=O)O)[C@@H]3c3ccc(F)c(F)c3)CC2)c1. The standard InChI is InChI=1S/C32H39F2N5O6/c1-3-6-27(40)36-23-8-4-7-21(17-23)20-11-15-38(16-12-20)14-5-13-35-31(43)39-29(22-9-10-24(33)25(34)18-22)28(30(41)42)26(19-45-2)37-32(39)44/h4,7-10,17-18,20,29H,3,5-6,11-16,19H2,1-2H3,(H,35,43)(H,36,40)(H,37,44)(H,41,42)/t29-/m0/s1. The number of rotatable bonds is 12. The quantitative estimate of drug-likeness (QED) is 0.250. The van der Waals surface area contributed by atoms with Crippen molar-refractivity contribution in [3.8, 4) is 0 Å². The van der Waals surface area contributed by atoms with Gasteiger partial charge in [0.1, 0.15) is 6.04 Å². The van der Waals surface area contributed by atoms with Gasteiger partial charge in [0, 0.05) is 25.8 Å². The predicted octanol–water partition coefficient (Wildman–Crippen LogP) is 4.73. The van der Waals surface area contributed by atoms with Gasteiger partial charge in [0.2, 0.25) is 5.91 Å². The molecule has 1 saturated heterocycles. The maximum atomic E-state index is 14.2. The Morgan fingerprint density at radius 1 is 1.07 bits per heavy atom. The highest BCUT2D eigenvalue weighted by molar-refractivity contribution is 6.01. The van der Waals surface area contributed by atoms with Gasteiger partial charge in [0.25, 0.3) is 0 Å². The lowest BCUT2D eigenvalue weighted by atomic mass is 9.89. The number of carboxylic acid groups (broad SMARTS) is 1. The number of methoxy groups -OCH3 is 1. The van der Waals surface area contributed by atoms with Gasteiger partial charge in [0.15, 0.2) is 11.6 Å². The number of anilines is 1. The molecule has 2 aliphatic heterocycles. The summed E-state index contributed by atoms with van der Waals surface area (Å²) in [6, 6.07) is 7.38. The maximum absolute atomic E-state index is 14.2. The fourth-order valence-corrected chi connectivity index (χ4v) is 5.77. The van der Waals surface area contributed by atoms with Crippen LogP contribution >= 0.6 is 0 Å². The van der Waals surface area contributed by atoms with Crippen molar-refractivity contribution in [3.63, 3.8) is 0 Å². The van der Waals surface area contributed by atoms with E-state index in [0.29, 0.717) is 30.2 Å². The van der Waals surface area contributed by atoms with Crippen molar-refractivity contribution in [1.82, 2.24) is 20.4 Å². The molecule has 4 rings (SSSR count). The van der Waals surface area contributed by atoms with Crippen LogP contribution in [0.25, 0.3) is 0 Å². The number of carbonyl (C=O) groups excluding carboxylic acids is 3. The van der Waals surface area contributed by atoms with Crippen molar-refractivity contribution in [3.05, 3.63) is 76.5 Å². The first-order valence-electron chi connectivity index (χ1n) is 15.0. The topological polar surface area (TPSA) is 140 Å². The van der Waals surface area contributed by atoms with Crippen molar-refractivity contribution < 1.29 is 37.8 Å². The molecular formula is C32H39F2N5O6. The number of likely N-dealkylation sites (tertiary alicyclic amines) is 1. The van der Waals surface area contributed by atoms with E-state index >= 15 is 0 Å². The number of benzene rings is 2. The Kier molecular flexibility index (Phi) is 11.6. The van der Waals surface area contributed by atoms with Crippen LogP contribution < -0.4 is 16.0 Å². The Hall–Kier alpha value is -4.36. The molecule has 11 nitrogen and oxygen atoms in total.